The van der Waals surface area contributed by atoms with Gasteiger partial charge < -0.3 is 11.1 Å². The standard InChI is InChI=1S/C21H23N3OS/c1-2-9-17(22)21-23-18(14-26-21)20(25)24-19(15-10-5-3-6-11-15)16-12-7-4-8-13-16/h3-8,10-14,17,19H,2,9,22H2,1H3,(H,24,25). The van der Waals surface area contributed by atoms with Gasteiger partial charge in [0, 0.05) is 5.38 Å². The summed E-state index contributed by atoms with van der Waals surface area (Å²) in [6.45, 7) is 2.09. The third-order valence-corrected chi connectivity index (χ3v) is 5.19. The van der Waals surface area contributed by atoms with Gasteiger partial charge in [-0.05, 0) is 17.5 Å². The molecule has 1 unspecified atom stereocenters. The van der Waals surface area contributed by atoms with Crippen LogP contribution in [-0.2, 0) is 0 Å². The van der Waals surface area contributed by atoms with Crippen LogP contribution in [0.2, 0.25) is 0 Å². The van der Waals surface area contributed by atoms with Crippen LogP contribution < -0.4 is 11.1 Å². The highest BCUT2D eigenvalue weighted by atomic mass is 32.1. The van der Waals surface area contributed by atoms with Crippen LogP contribution in [0.4, 0.5) is 0 Å². The lowest BCUT2D eigenvalue weighted by Gasteiger charge is -2.19. The van der Waals surface area contributed by atoms with Crippen LogP contribution in [0.1, 0.15) is 58.5 Å². The van der Waals surface area contributed by atoms with Crippen LogP contribution in [-0.4, -0.2) is 10.9 Å². The topological polar surface area (TPSA) is 68.0 Å². The zero-order valence-electron chi connectivity index (χ0n) is 14.8. The van der Waals surface area contributed by atoms with Crippen molar-refractivity contribution in [2.45, 2.75) is 31.8 Å². The van der Waals surface area contributed by atoms with Crippen molar-refractivity contribution in [3.8, 4) is 0 Å². The first-order chi connectivity index (χ1) is 12.7. The van der Waals surface area contributed by atoms with Crippen molar-refractivity contribution in [1.29, 1.82) is 0 Å². The van der Waals surface area contributed by atoms with Crippen molar-refractivity contribution >= 4 is 17.2 Å². The molecule has 1 amide bonds. The zero-order chi connectivity index (χ0) is 18.4. The highest BCUT2D eigenvalue weighted by Crippen LogP contribution is 2.24. The fourth-order valence-corrected chi connectivity index (χ4v) is 3.69. The number of hydrogen-bond acceptors (Lipinski definition) is 4. The Bertz CT molecular complexity index is 793. The number of amides is 1. The summed E-state index contributed by atoms with van der Waals surface area (Å²) in [6, 6.07) is 19.6. The minimum absolute atomic E-state index is 0.106. The number of nitrogens with two attached hydrogens (primary N) is 1. The Labute approximate surface area is 158 Å². The van der Waals surface area contributed by atoms with Gasteiger partial charge in [0.15, 0.2) is 0 Å². The molecule has 0 saturated carbocycles. The number of nitrogens with one attached hydrogen (secondary N) is 1. The van der Waals surface area contributed by atoms with Crippen molar-refractivity contribution < 1.29 is 4.79 Å². The summed E-state index contributed by atoms with van der Waals surface area (Å²) in [5, 5.41) is 5.71. The molecule has 26 heavy (non-hydrogen) atoms. The van der Waals surface area contributed by atoms with E-state index >= 15 is 0 Å². The summed E-state index contributed by atoms with van der Waals surface area (Å²) in [4.78, 5) is 17.2. The Morgan fingerprint density at radius 1 is 1.08 bits per heavy atom. The minimum Gasteiger partial charge on any atom is -0.340 e. The SMILES string of the molecule is CCCC(N)c1nc(C(=O)NC(c2ccccc2)c2ccccc2)cs1. The van der Waals surface area contributed by atoms with E-state index < -0.39 is 0 Å². The molecule has 0 fully saturated rings. The second kappa shape index (κ2) is 8.74. The van der Waals surface area contributed by atoms with E-state index in [0.717, 1.165) is 29.0 Å². The number of nitrogens with zero attached hydrogens (tertiary/aromatic N) is 1. The largest absolute Gasteiger partial charge is 0.340 e. The summed E-state index contributed by atoms with van der Waals surface area (Å²) >= 11 is 1.45. The number of carbonyl (C=O) groups excluding carboxylic acids is 1. The molecule has 2 aromatic carbocycles. The van der Waals surface area contributed by atoms with Gasteiger partial charge in [-0.15, -0.1) is 11.3 Å². The summed E-state index contributed by atoms with van der Waals surface area (Å²) < 4.78 is 0. The summed E-state index contributed by atoms with van der Waals surface area (Å²) in [7, 11) is 0. The monoisotopic (exact) mass is 365 g/mol. The van der Waals surface area contributed by atoms with Gasteiger partial charge in [-0.2, -0.15) is 0 Å². The molecule has 3 N–H and O–H groups in total. The highest BCUT2D eigenvalue weighted by molar-refractivity contribution is 7.09. The van der Waals surface area contributed by atoms with Crippen molar-refractivity contribution in [1.82, 2.24) is 10.3 Å². The average Bonchev–Trinajstić information content (AvgIpc) is 3.18. The predicted molar refractivity (Wildman–Crippen MR) is 106 cm³/mol. The summed E-state index contributed by atoms with van der Waals surface area (Å²) in [5.74, 6) is -0.186. The maximum Gasteiger partial charge on any atom is 0.271 e. The van der Waals surface area contributed by atoms with E-state index in [9.17, 15) is 4.79 Å². The van der Waals surface area contributed by atoms with Crippen molar-refractivity contribution in [2.75, 3.05) is 0 Å². The molecule has 0 bridgehead atoms. The Morgan fingerprint density at radius 2 is 1.65 bits per heavy atom. The third kappa shape index (κ3) is 4.36. The van der Waals surface area contributed by atoms with E-state index in [2.05, 4.69) is 17.2 Å². The molecule has 0 aliphatic carbocycles. The second-order valence-corrected chi connectivity index (χ2v) is 7.08. The van der Waals surface area contributed by atoms with Crippen molar-refractivity contribution in [3.05, 3.63) is 87.9 Å². The molecular weight excluding hydrogens is 342 g/mol. The number of aromatic nitrogens is 1. The quantitative estimate of drug-likeness (QED) is 0.649. The van der Waals surface area contributed by atoms with Gasteiger partial charge in [0.25, 0.3) is 5.91 Å². The first-order valence-corrected chi connectivity index (χ1v) is 9.68. The van der Waals surface area contributed by atoms with E-state index in [1.165, 1.54) is 11.3 Å². The van der Waals surface area contributed by atoms with Crippen LogP contribution in [0, 0.1) is 0 Å². The molecule has 3 aromatic rings. The fraction of sp³-hybridized carbons (Fsp3) is 0.238. The highest BCUT2D eigenvalue weighted by Gasteiger charge is 2.20. The van der Waals surface area contributed by atoms with Crippen LogP contribution in [0.15, 0.2) is 66.0 Å². The van der Waals surface area contributed by atoms with Gasteiger partial charge in [-0.1, -0.05) is 74.0 Å². The zero-order valence-corrected chi connectivity index (χ0v) is 15.6. The number of hydrogen-bond donors (Lipinski definition) is 2. The van der Waals surface area contributed by atoms with E-state index in [4.69, 9.17) is 5.73 Å². The van der Waals surface area contributed by atoms with Gasteiger partial charge in [0.1, 0.15) is 10.7 Å². The molecule has 0 spiro atoms. The van der Waals surface area contributed by atoms with Gasteiger partial charge in [-0.25, -0.2) is 4.98 Å². The summed E-state index contributed by atoms with van der Waals surface area (Å²) in [5.41, 5.74) is 8.61. The molecule has 1 heterocycles. The molecule has 0 radical (unpaired) electrons. The molecule has 4 nitrogen and oxygen atoms in total. The van der Waals surface area contributed by atoms with Gasteiger partial charge in [0.05, 0.1) is 12.1 Å². The first-order valence-electron chi connectivity index (χ1n) is 8.80. The Hall–Kier alpha value is -2.50. The molecule has 0 aliphatic rings. The maximum atomic E-state index is 12.8. The number of rotatable bonds is 7. The molecule has 1 aromatic heterocycles. The lowest BCUT2D eigenvalue weighted by molar-refractivity contribution is 0.0938. The van der Waals surface area contributed by atoms with Crippen LogP contribution in [0.5, 0.6) is 0 Å². The molecule has 3 rings (SSSR count). The molecule has 1 atom stereocenters. The Kier molecular flexibility index (Phi) is 6.15. The average molecular weight is 366 g/mol. The minimum atomic E-state index is -0.223. The van der Waals surface area contributed by atoms with Gasteiger partial charge in [-0.3, -0.25) is 4.79 Å². The van der Waals surface area contributed by atoms with Gasteiger partial charge in [0.2, 0.25) is 0 Å². The molecule has 134 valence electrons. The van der Waals surface area contributed by atoms with Gasteiger partial charge >= 0.3 is 0 Å². The molecular formula is C21H23N3OS. The normalized spacial score (nSPS) is 12.1. The van der Waals surface area contributed by atoms with E-state index in [1.807, 2.05) is 60.7 Å². The Morgan fingerprint density at radius 3 is 2.19 bits per heavy atom. The fourth-order valence-electron chi connectivity index (χ4n) is 2.85. The van der Waals surface area contributed by atoms with E-state index in [0.29, 0.717) is 5.69 Å². The molecule has 0 saturated heterocycles. The number of carbonyl (C=O) groups is 1. The van der Waals surface area contributed by atoms with Crippen LogP contribution >= 0.6 is 11.3 Å². The summed E-state index contributed by atoms with van der Waals surface area (Å²) in [6.07, 6.45) is 1.86. The van der Waals surface area contributed by atoms with Crippen LogP contribution in [0.3, 0.4) is 0 Å². The van der Waals surface area contributed by atoms with E-state index in [-0.39, 0.29) is 18.0 Å². The molecule has 5 heteroatoms. The van der Waals surface area contributed by atoms with Crippen molar-refractivity contribution in [2.24, 2.45) is 5.73 Å². The van der Waals surface area contributed by atoms with Crippen LogP contribution in [0.25, 0.3) is 0 Å². The second-order valence-electron chi connectivity index (χ2n) is 6.19. The number of thiazole rings is 1. The van der Waals surface area contributed by atoms with E-state index in [1.54, 1.807) is 5.38 Å². The molecule has 0 aliphatic heterocycles. The maximum absolute atomic E-state index is 12.8. The third-order valence-electron chi connectivity index (χ3n) is 4.21. The Balaban J connectivity index is 1.82. The smallest absolute Gasteiger partial charge is 0.271 e. The lowest BCUT2D eigenvalue weighted by Crippen LogP contribution is -2.29. The van der Waals surface area contributed by atoms with Crippen molar-refractivity contribution in [3.63, 3.8) is 0 Å². The first kappa shape index (κ1) is 18.3. The lowest BCUT2D eigenvalue weighted by atomic mass is 9.98. The number of benzene rings is 2. The predicted octanol–water partition coefficient (Wildman–Crippen LogP) is 4.46.